The third-order valence-electron chi connectivity index (χ3n) is 3.40. The van der Waals surface area contributed by atoms with Crippen LogP contribution in [0.3, 0.4) is 0 Å². The van der Waals surface area contributed by atoms with Crippen molar-refractivity contribution in [3.05, 3.63) is 18.2 Å². The van der Waals surface area contributed by atoms with Gasteiger partial charge in [-0.1, -0.05) is 6.07 Å². The number of ether oxygens (including phenoxy) is 1. The van der Waals surface area contributed by atoms with Gasteiger partial charge >= 0.3 is 0 Å². The topological polar surface area (TPSA) is 56.3 Å². The molecule has 0 aliphatic heterocycles. The van der Waals surface area contributed by atoms with E-state index < -0.39 is 0 Å². The van der Waals surface area contributed by atoms with Gasteiger partial charge < -0.3 is 19.9 Å². The summed E-state index contributed by atoms with van der Waals surface area (Å²) in [5, 5.41) is 0. The molecule has 0 saturated heterocycles. The molecule has 0 radical (unpaired) electrons. The summed E-state index contributed by atoms with van der Waals surface area (Å²) in [4.78, 5) is 6.61. The van der Waals surface area contributed by atoms with Crippen LogP contribution in [0, 0.1) is 0 Å². The number of rotatable bonds is 5. The van der Waals surface area contributed by atoms with Crippen molar-refractivity contribution < 1.29 is 4.74 Å². The lowest BCUT2D eigenvalue weighted by molar-refractivity contribution is 0.287. The Morgan fingerprint density at radius 1 is 1.42 bits per heavy atom. The van der Waals surface area contributed by atoms with E-state index in [1.54, 1.807) is 0 Å². The molecule has 1 heterocycles. The third kappa shape index (κ3) is 2.66. The summed E-state index contributed by atoms with van der Waals surface area (Å²) in [5.74, 6) is 1.33. The Bertz CT molecular complexity index is 562. The summed E-state index contributed by atoms with van der Waals surface area (Å²) < 4.78 is 7.64. The van der Waals surface area contributed by atoms with Crippen LogP contribution >= 0.6 is 0 Å². The molecule has 2 N–H and O–H groups in total. The number of para-hydroxylation sites is 1. The van der Waals surface area contributed by atoms with Crippen molar-refractivity contribution in [3.63, 3.8) is 0 Å². The molecule has 0 amide bonds. The van der Waals surface area contributed by atoms with Crippen molar-refractivity contribution in [2.24, 2.45) is 0 Å². The first-order valence-corrected chi connectivity index (χ1v) is 6.58. The Kier molecular flexibility index (Phi) is 3.95. The van der Waals surface area contributed by atoms with Gasteiger partial charge in [0.2, 0.25) is 5.95 Å². The summed E-state index contributed by atoms with van der Waals surface area (Å²) >= 11 is 0. The zero-order chi connectivity index (χ0) is 14.0. The van der Waals surface area contributed by atoms with Gasteiger partial charge in [0, 0.05) is 12.6 Å². The maximum atomic E-state index is 6.04. The Morgan fingerprint density at radius 2 is 2.16 bits per heavy atom. The number of nitrogen functional groups attached to an aromatic ring is 1. The molecule has 104 valence electrons. The highest BCUT2D eigenvalue weighted by Crippen LogP contribution is 2.27. The predicted octanol–water partition coefficient (Wildman–Crippen LogP) is 1.97. The van der Waals surface area contributed by atoms with Gasteiger partial charge in [-0.05, 0) is 40.1 Å². The van der Waals surface area contributed by atoms with Crippen molar-refractivity contribution in [1.29, 1.82) is 0 Å². The second kappa shape index (κ2) is 5.48. The minimum atomic E-state index is 0.385. The van der Waals surface area contributed by atoms with Gasteiger partial charge in [0.05, 0.1) is 12.1 Å². The van der Waals surface area contributed by atoms with E-state index in [9.17, 15) is 0 Å². The van der Waals surface area contributed by atoms with E-state index >= 15 is 0 Å². The maximum absolute atomic E-state index is 6.04. The molecular weight excluding hydrogens is 240 g/mol. The SMILES string of the molecule is CCOc1cccc2c1nc(N)n2CC(C)N(C)C. The monoisotopic (exact) mass is 262 g/mol. The largest absolute Gasteiger partial charge is 0.492 e. The van der Waals surface area contributed by atoms with E-state index in [1.807, 2.05) is 29.7 Å². The molecule has 19 heavy (non-hydrogen) atoms. The Balaban J connectivity index is 2.44. The van der Waals surface area contributed by atoms with Gasteiger partial charge in [-0.3, -0.25) is 0 Å². The summed E-state index contributed by atoms with van der Waals surface area (Å²) in [6.45, 7) is 5.57. The number of hydrogen-bond acceptors (Lipinski definition) is 4. The molecule has 2 aromatic rings. The van der Waals surface area contributed by atoms with E-state index in [4.69, 9.17) is 10.5 Å². The van der Waals surface area contributed by atoms with Crippen LogP contribution in [0.25, 0.3) is 11.0 Å². The fourth-order valence-corrected chi connectivity index (χ4v) is 2.03. The zero-order valence-electron chi connectivity index (χ0n) is 12.1. The predicted molar refractivity (Wildman–Crippen MR) is 78.5 cm³/mol. The normalized spacial score (nSPS) is 13.1. The molecule has 1 atom stereocenters. The van der Waals surface area contributed by atoms with Crippen LogP contribution in [0.2, 0.25) is 0 Å². The van der Waals surface area contributed by atoms with Crippen LogP contribution in [0.4, 0.5) is 5.95 Å². The van der Waals surface area contributed by atoms with Crippen LogP contribution in [-0.2, 0) is 6.54 Å². The highest BCUT2D eigenvalue weighted by Gasteiger charge is 2.15. The third-order valence-corrected chi connectivity index (χ3v) is 3.40. The van der Waals surface area contributed by atoms with Crippen molar-refractivity contribution in [2.75, 3.05) is 26.4 Å². The second-order valence-corrected chi connectivity index (χ2v) is 4.95. The van der Waals surface area contributed by atoms with Gasteiger partial charge in [-0.2, -0.15) is 0 Å². The number of benzene rings is 1. The molecule has 0 saturated carbocycles. The van der Waals surface area contributed by atoms with Gasteiger partial charge in [0.25, 0.3) is 0 Å². The van der Waals surface area contributed by atoms with Crippen LogP contribution in [0.5, 0.6) is 5.75 Å². The average molecular weight is 262 g/mol. The van der Waals surface area contributed by atoms with E-state index in [-0.39, 0.29) is 0 Å². The lowest BCUT2D eigenvalue weighted by Crippen LogP contribution is -2.29. The molecule has 0 spiro atoms. The van der Waals surface area contributed by atoms with E-state index in [0.29, 0.717) is 18.6 Å². The van der Waals surface area contributed by atoms with E-state index in [1.165, 1.54) is 0 Å². The summed E-state index contributed by atoms with van der Waals surface area (Å²) in [6.07, 6.45) is 0. The molecule has 0 aliphatic rings. The van der Waals surface area contributed by atoms with Crippen LogP contribution < -0.4 is 10.5 Å². The molecular formula is C14H22N4O. The maximum Gasteiger partial charge on any atom is 0.201 e. The summed E-state index contributed by atoms with van der Waals surface area (Å²) in [5.41, 5.74) is 7.91. The van der Waals surface area contributed by atoms with Crippen LogP contribution in [0.15, 0.2) is 18.2 Å². The number of likely N-dealkylation sites (N-methyl/N-ethyl adjacent to an activating group) is 1. The fourth-order valence-electron chi connectivity index (χ4n) is 2.03. The zero-order valence-corrected chi connectivity index (χ0v) is 12.1. The molecule has 1 unspecified atom stereocenters. The number of anilines is 1. The number of nitrogens with two attached hydrogens (primary N) is 1. The highest BCUT2D eigenvalue weighted by molar-refractivity contribution is 5.84. The number of nitrogens with zero attached hydrogens (tertiary/aromatic N) is 3. The van der Waals surface area contributed by atoms with Gasteiger partial charge in [-0.15, -0.1) is 0 Å². The minimum Gasteiger partial charge on any atom is -0.492 e. The Labute approximate surface area is 114 Å². The minimum absolute atomic E-state index is 0.385. The molecule has 0 aliphatic carbocycles. The van der Waals surface area contributed by atoms with Crippen molar-refractivity contribution in [2.45, 2.75) is 26.4 Å². The molecule has 2 rings (SSSR count). The van der Waals surface area contributed by atoms with Gasteiger partial charge in [-0.25, -0.2) is 4.98 Å². The average Bonchev–Trinajstić information content (AvgIpc) is 2.68. The lowest BCUT2D eigenvalue weighted by atomic mass is 10.2. The first kappa shape index (κ1) is 13.7. The van der Waals surface area contributed by atoms with Crippen molar-refractivity contribution in [3.8, 4) is 5.75 Å². The second-order valence-electron chi connectivity index (χ2n) is 4.95. The number of aromatic nitrogens is 2. The smallest absolute Gasteiger partial charge is 0.201 e. The van der Waals surface area contributed by atoms with Crippen molar-refractivity contribution >= 4 is 17.0 Å². The molecule has 1 aromatic heterocycles. The summed E-state index contributed by atoms with van der Waals surface area (Å²) in [6, 6.07) is 6.32. The van der Waals surface area contributed by atoms with Crippen molar-refractivity contribution in [1.82, 2.24) is 14.5 Å². The number of imidazole rings is 1. The molecule has 0 bridgehead atoms. The lowest BCUT2D eigenvalue weighted by Gasteiger charge is -2.21. The number of fused-ring (bicyclic) bond motifs is 1. The first-order chi connectivity index (χ1) is 9.04. The molecule has 0 fully saturated rings. The Hall–Kier alpha value is -1.75. The van der Waals surface area contributed by atoms with Crippen LogP contribution in [-0.4, -0.2) is 41.2 Å². The molecule has 1 aromatic carbocycles. The van der Waals surface area contributed by atoms with E-state index in [2.05, 4.69) is 30.9 Å². The van der Waals surface area contributed by atoms with Gasteiger partial charge in [0.1, 0.15) is 11.3 Å². The summed E-state index contributed by atoms with van der Waals surface area (Å²) in [7, 11) is 4.12. The quantitative estimate of drug-likeness (QED) is 0.895. The first-order valence-electron chi connectivity index (χ1n) is 6.58. The fraction of sp³-hybridized carbons (Fsp3) is 0.500. The molecule has 5 heteroatoms. The highest BCUT2D eigenvalue weighted by atomic mass is 16.5. The van der Waals surface area contributed by atoms with Gasteiger partial charge in [0.15, 0.2) is 0 Å². The van der Waals surface area contributed by atoms with E-state index in [0.717, 1.165) is 23.3 Å². The Morgan fingerprint density at radius 3 is 2.79 bits per heavy atom. The standard InChI is InChI=1S/C14H22N4O/c1-5-19-12-8-6-7-11-13(12)16-14(15)18(11)9-10(2)17(3)4/h6-8,10H,5,9H2,1-4H3,(H2,15,16). The van der Waals surface area contributed by atoms with Crippen LogP contribution in [0.1, 0.15) is 13.8 Å². The number of hydrogen-bond donors (Lipinski definition) is 1. The molecule has 5 nitrogen and oxygen atoms in total.